The minimum absolute atomic E-state index is 0.464. The molecule has 1 aliphatic rings. The molecule has 0 radical (unpaired) electrons. The minimum atomic E-state index is -0.464. The van der Waals surface area contributed by atoms with Crippen LogP contribution in [0.25, 0.3) is 22.3 Å². The van der Waals surface area contributed by atoms with Crippen molar-refractivity contribution in [3.05, 3.63) is 60.2 Å². The number of aldehydes is 1. The van der Waals surface area contributed by atoms with E-state index in [4.69, 9.17) is 11.5 Å². The highest BCUT2D eigenvalue weighted by molar-refractivity contribution is 8.17. The monoisotopic (exact) mass is 334 g/mol. The van der Waals surface area contributed by atoms with E-state index in [1.165, 1.54) is 26.5 Å². The molecule has 3 aromatic carbocycles. The van der Waals surface area contributed by atoms with Crippen LogP contribution >= 0.6 is 10.9 Å². The number of anilines is 2. The van der Waals surface area contributed by atoms with E-state index in [-0.39, 0.29) is 0 Å². The Morgan fingerprint density at radius 3 is 2.42 bits per heavy atom. The Morgan fingerprint density at radius 1 is 0.875 bits per heavy atom. The molecule has 3 aromatic rings. The van der Waals surface area contributed by atoms with Gasteiger partial charge in [0.2, 0.25) is 0 Å². The van der Waals surface area contributed by atoms with Gasteiger partial charge in [-0.1, -0.05) is 30.3 Å². The summed E-state index contributed by atoms with van der Waals surface area (Å²) in [5.74, 6) is 0. The summed E-state index contributed by atoms with van der Waals surface area (Å²) in [5, 5.41) is 0. The number of carbonyl (C=O) groups is 1. The van der Waals surface area contributed by atoms with Crippen LogP contribution in [0.1, 0.15) is 10.4 Å². The molecule has 0 saturated heterocycles. The third-order valence-corrected chi connectivity index (χ3v) is 6.84. The van der Waals surface area contributed by atoms with Crippen LogP contribution in [-0.4, -0.2) is 12.5 Å². The third-order valence-electron chi connectivity index (χ3n) is 4.58. The molecule has 0 aromatic heterocycles. The lowest BCUT2D eigenvalue weighted by Crippen LogP contribution is -1.95. The van der Waals surface area contributed by atoms with Gasteiger partial charge in [-0.2, -0.15) is 0 Å². The van der Waals surface area contributed by atoms with Crippen molar-refractivity contribution >= 4 is 28.6 Å². The Bertz CT molecular complexity index is 981. The fourth-order valence-electron chi connectivity index (χ4n) is 3.35. The second kappa shape index (κ2) is 5.42. The van der Waals surface area contributed by atoms with Gasteiger partial charge in [0.05, 0.1) is 11.4 Å². The summed E-state index contributed by atoms with van der Waals surface area (Å²) in [4.78, 5) is 13.8. The quantitative estimate of drug-likeness (QED) is 0.370. The molecule has 0 fully saturated rings. The second-order valence-electron chi connectivity index (χ2n) is 6.00. The number of thiol groups is 1. The first-order valence-corrected chi connectivity index (χ1v) is 9.51. The highest BCUT2D eigenvalue weighted by Crippen LogP contribution is 2.59. The van der Waals surface area contributed by atoms with Crippen molar-refractivity contribution in [1.29, 1.82) is 0 Å². The van der Waals surface area contributed by atoms with Crippen LogP contribution < -0.4 is 11.5 Å². The number of nitrogen functional groups attached to an aromatic ring is 2. The van der Waals surface area contributed by atoms with Gasteiger partial charge in [0.15, 0.2) is 0 Å². The Balaban J connectivity index is 1.95. The van der Waals surface area contributed by atoms with E-state index < -0.39 is 10.9 Å². The summed E-state index contributed by atoms with van der Waals surface area (Å²) in [6.07, 6.45) is 3.17. The zero-order valence-electron chi connectivity index (χ0n) is 13.3. The normalized spacial score (nSPS) is 16.5. The predicted molar refractivity (Wildman–Crippen MR) is 103 cm³/mol. The molecule has 4 N–H and O–H groups in total. The van der Waals surface area contributed by atoms with Crippen LogP contribution in [0.3, 0.4) is 0 Å². The first-order valence-electron chi connectivity index (χ1n) is 7.72. The summed E-state index contributed by atoms with van der Waals surface area (Å²) >= 11 is 0. The van der Waals surface area contributed by atoms with Gasteiger partial charge in [-0.3, -0.25) is 4.79 Å². The molecular formula is C20H18N2OS. The molecule has 0 amide bonds. The van der Waals surface area contributed by atoms with Gasteiger partial charge in [0.1, 0.15) is 6.29 Å². The molecule has 1 aliphatic heterocycles. The van der Waals surface area contributed by atoms with Gasteiger partial charge in [0, 0.05) is 10.5 Å². The molecule has 1 heterocycles. The van der Waals surface area contributed by atoms with E-state index in [1.54, 1.807) is 0 Å². The fraction of sp³-hybridized carbons (Fsp3) is 0.0500. The van der Waals surface area contributed by atoms with Crippen LogP contribution in [0, 0.1) is 0 Å². The number of benzene rings is 3. The average Bonchev–Trinajstić information content (AvgIpc) is 2.90. The molecule has 0 spiro atoms. The number of rotatable bonds is 2. The predicted octanol–water partition coefficient (Wildman–Crippen LogP) is 4.36. The molecule has 3 nitrogen and oxygen atoms in total. The van der Waals surface area contributed by atoms with Crippen molar-refractivity contribution in [3.8, 4) is 22.3 Å². The lowest BCUT2D eigenvalue weighted by atomic mass is 9.97. The third kappa shape index (κ3) is 2.11. The SMILES string of the molecule is C[SH]1c2ccc(C=O)cc2-c2cccc(-c3ccc(N)c(N)c3)c21. The van der Waals surface area contributed by atoms with Crippen LogP contribution in [0.5, 0.6) is 0 Å². The van der Waals surface area contributed by atoms with Crippen LogP contribution in [-0.2, 0) is 0 Å². The van der Waals surface area contributed by atoms with E-state index in [9.17, 15) is 4.79 Å². The zero-order valence-corrected chi connectivity index (χ0v) is 14.2. The summed E-state index contributed by atoms with van der Waals surface area (Å²) < 4.78 is 0. The molecule has 4 rings (SSSR count). The molecule has 120 valence electrons. The first-order chi connectivity index (χ1) is 11.6. The van der Waals surface area contributed by atoms with Gasteiger partial charge < -0.3 is 11.5 Å². The Labute approximate surface area is 143 Å². The van der Waals surface area contributed by atoms with Crippen LogP contribution in [0.2, 0.25) is 0 Å². The number of hydrogen-bond donors (Lipinski definition) is 3. The maximum Gasteiger partial charge on any atom is 0.150 e. The van der Waals surface area contributed by atoms with Gasteiger partial charge in [-0.05, 0) is 57.7 Å². The molecule has 0 aliphatic carbocycles. The highest BCUT2D eigenvalue weighted by atomic mass is 32.2. The van der Waals surface area contributed by atoms with Crippen molar-refractivity contribution < 1.29 is 4.79 Å². The number of nitrogens with two attached hydrogens (primary N) is 2. The maximum atomic E-state index is 11.1. The second-order valence-corrected chi connectivity index (χ2v) is 8.05. The first kappa shape index (κ1) is 14.8. The zero-order chi connectivity index (χ0) is 16.8. The van der Waals surface area contributed by atoms with E-state index in [2.05, 4.69) is 30.5 Å². The smallest absolute Gasteiger partial charge is 0.150 e. The van der Waals surface area contributed by atoms with Crippen LogP contribution in [0.4, 0.5) is 11.4 Å². The van der Waals surface area contributed by atoms with E-state index in [0.29, 0.717) is 16.9 Å². The highest BCUT2D eigenvalue weighted by Gasteiger charge is 2.26. The summed E-state index contributed by atoms with van der Waals surface area (Å²) in [6.45, 7) is 0. The van der Waals surface area contributed by atoms with E-state index >= 15 is 0 Å². The Kier molecular flexibility index (Phi) is 3.36. The van der Waals surface area contributed by atoms with Gasteiger partial charge in [-0.15, -0.1) is 0 Å². The minimum Gasteiger partial charge on any atom is -0.397 e. The standard InChI is InChI=1S/C20H18N2OS/c1-24-19-8-5-12(11-23)9-16(19)15-4-2-3-14(20(15)24)13-6-7-17(21)18(22)10-13/h2-11,24H,21-22H2,1H3. The number of hydrogen-bond acceptors (Lipinski definition) is 3. The summed E-state index contributed by atoms with van der Waals surface area (Å²) in [6, 6.07) is 18.1. The summed E-state index contributed by atoms with van der Waals surface area (Å²) in [5.41, 5.74) is 18.4. The van der Waals surface area contributed by atoms with Crippen molar-refractivity contribution in [3.63, 3.8) is 0 Å². The van der Waals surface area contributed by atoms with E-state index in [1.807, 2.05) is 30.3 Å². The molecule has 1 unspecified atom stereocenters. The summed E-state index contributed by atoms with van der Waals surface area (Å²) in [7, 11) is -0.464. The molecule has 0 bridgehead atoms. The van der Waals surface area contributed by atoms with Crippen molar-refractivity contribution in [2.75, 3.05) is 17.7 Å². The maximum absolute atomic E-state index is 11.1. The van der Waals surface area contributed by atoms with E-state index in [0.717, 1.165) is 11.8 Å². The van der Waals surface area contributed by atoms with Crippen molar-refractivity contribution in [1.82, 2.24) is 0 Å². The molecule has 1 atom stereocenters. The van der Waals surface area contributed by atoms with Gasteiger partial charge >= 0.3 is 0 Å². The number of carbonyl (C=O) groups excluding carboxylic acids is 1. The molecular weight excluding hydrogens is 316 g/mol. The lowest BCUT2D eigenvalue weighted by molar-refractivity contribution is 0.112. The number of fused-ring (bicyclic) bond motifs is 3. The van der Waals surface area contributed by atoms with Crippen molar-refractivity contribution in [2.24, 2.45) is 0 Å². The average molecular weight is 334 g/mol. The molecule has 4 heteroatoms. The van der Waals surface area contributed by atoms with Crippen LogP contribution in [0.15, 0.2) is 64.4 Å². The fourth-order valence-corrected chi connectivity index (χ4v) is 5.56. The van der Waals surface area contributed by atoms with Gasteiger partial charge in [-0.25, -0.2) is 10.9 Å². The molecule has 0 saturated carbocycles. The largest absolute Gasteiger partial charge is 0.397 e. The molecule has 24 heavy (non-hydrogen) atoms. The van der Waals surface area contributed by atoms with Gasteiger partial charge in [0.25, 0.3) is 0 Å². The van der Waals surface area contributed by atoms with Crippen molar-refractivity contribution in [2.45, 2.75) is 9.79 Å². The Morgan fingerprint density at radius 2 is 1.67 bits per heavy atom. The lowest BCUT2D eigenvalue weighted by Gasteiger charge is -2.17. The topological polar surface area (TPSA) is 69.1 Å². The Hall–Kier alpha value is -2.72.